The molecule has 3 nitrogen and oxygen atoms in total. The van der Waals surface area contributed by atoms with E-state index in [0.29, 0.717) is 12.0 Å². The van der Waals surface area contributed by atoms with E-state index >= 15 is 0 Å². The molecule has 1 aliphatic heterocycles. The monoisotopic (exact) mass is 224 g/mol. The molecule has 2 rings (SSSR count). The highest BCUT2D eigenvalue weighted by Gasteiger charge is 2.24. The number of piperidine rings is 1. The van der Waals surface area contributed by atoms with Crippen molar-refractivity contribution in [3.63, 3.8) is 0 Å². The summed E-state index contributed by atoms with van der Waals surface area (Å²) in [6, 6.07) is 0.457. The van der Waals surface area contributed by atoms with Crippen LogP contribution in [0.4, 0.5) is 0 Å². The van der Waals surface area contributed by atoms with Crippen LogP contribution in [-0.4, -0.2) is 25.0 Å². The molecule has 92 valence electrons. The molecule has 0 bridgehead atoms. The van der Waals surface area contributed by atoms with Crippen LogP contribution in [0.5, 0.6) is 0 Å². The Bertz CT molecular complexity index is 227. The number of nitrogens with one attached hydrogen (secondary N) is 2. The molecule has 1 saturated carbocycles. The lowest BCUT2D eigenvalue weighted by Crippen LogP contribution is -2.37. The van der Waals surface area contributed by atoms with E-state index in [4.69, 9.17) is 0 Å². The first kappa shape index (κ1) is 11.9. The van der Waals surface area contributed by atoms with Gasteiger partial charge in [0.15, 0.2) is 0 Å². The van der Waals surface area contributed by atoms with Crippen molar-refractivity contribution in [1.29, 1.82) is 0 Å². The maximum Gasteiger partial charge on any atom is 0.220 e. The lowest BCUT2D eigenvalue weighted by molar-refractivity contribution is -0.122. The standard InChI is InChI=1S/C13H24N2O/c1-10-4-5-12(7-10)15-13(16)8-11-3-2-6-14-9-11/h10-12,14H,2-9H2,1H3,(H,15,16). The average Bonchev–Trinajstić information content (AvgIpc) is 2.65. The largest absolute Gasteiger partial charge is 0.353 e. The summed E-state index contributed by atoms with van der Waals surface area (Å²) in [5.41, 5.74) is 0. The summed E-state index contributed by atoms with van der Waals surface area (Å²) in [6.07, 6.45) is 6.78. The number of carbonyl (C=O) groups is 1. The zero-order chi connectivity index (χ0) is 11.4. The van der Waals surface area contributed by atoms with Gasteiger partial charge in [-0.2, -0.15) is 0 Å². The molecule has 3 unspecified atom stereocenters. The topological polar surface area (TPSA) is 41.1 Å². The van der Waals surface area contributed by atoms with Crippen LogP contribution >= 0.6 is 0 Å². The maximum absolute atomic E-state index is 11.8. The summed E-state index contributed by atoms with van der Waals surface area (Å²) in [6.45, 7) is 4.42. The van der Waals surface area contributed by atoms with Crippen LogP contribution in [0.3, 0.4) is 0 Å². The van der Waals surface area contributed by atoms with E-state index in [0.717, 1.165) is 25.4 Å². The van der Waals surface area contributed by atoms with Crippen molar-refractivity contribution >= 4 is 5.91 Å². The SMILES string of the molecule is CC1CCC(NC(=O)CC2CCCNC2)C1. The van der Waals surface area contributed by atoms with Gasteiger partial charge in [0, 0.05) is 12.5 Å². The van der Waals surface area contributed by atoms with Gasteiger partial charge in [0.2, 0.25) is 5.91 Å². The Morgan fingerprint density at radius 1 is 1.38 bits per heavy atom. The van der Waals surface area contributed by atoms with Gasteiger partial charge in [-0.1, -0.05) is 6.92 Å². The zero-order valence-electron chi connectivity index (χ0n) is 10.3. The fraction of sp³-hybridized carbons (Fsp3) is 0.923. The fourth-order valence-corrected chi connectivity index (χ4v) is 2.99. The van der Waals surface area contributed by atoms with Crippen molar-refractivity contribution in [2.45, 2.75) is 51.5 Å². The summed E-state index contributed by atoms with van der Waals surface area (Å²) in [5, 5.41) is 6.55. The molecule has 16 heavy (non-hydrogen) atoms. The number of rotatable bonds is 3. The first-order valence-corrected chi connectivity index (χ1v) is 6.74. The Kier molecular flexibility index (Phi) is 4.22. The van der Waals surface area contributed by atoms with Crippen molar-refractivity contribution in [3.8, 4) is 0 Å². The van der Waals surface area contributed by atoms with E-state index in [1.165, 1.54) is 32.1 Å². The average molecular weight is 224 g/mol. The Hall–Kier alpha value is -0.570. The molecule has 1 aliphatic carbocycles. The molecule has 0 aromatic rings. The van der Waals surface area contributed by atoms with Gasteiger partial charge in [-0.3, -0.25) is 4.79 Å². The smallest absolute Gasteiger partial charge is 0.220 e. The Morgan fingerprint density at radius 2 is 2.25 bits per heavy atom. The molecular weight excluding hydrogens is 200 g/mol. The highest BCUT2D eigenvalue weighted by Crippen LogP contribution is 2.25. The van der Waals surface area contributed by atoms with Gasteiger partial charge in [-0.05, 0) is 57.0 Å². The molecule has 2 fully saturated rings. The van der Waals surface area contributed by atoms with Crippen molar-refractivity contribution in [3.05, 3.63) is 0 Å². The first-order chi connectivity index (χ1) is 7.74. The third-order valence-corrected chi connectivity index (χ3v) is 3.93. The summed E-state index contributed by atoms with van der Waals surface area (Å²) >= 11 is 0. The maximum atomic E-state index is 11.8. The van der Waals surface area contributed by atoms with Crippen LogP contribution in [-0.2, 0) is 4.79 Å². The molecule has 3 heteroatoms. The molecule has 2 aliphatic rings. The predicted octanol–water partition coefficient (Wildman–Crippen LogP) is 1.68. The molecule has 0 aromatic heterocycles. The van der Waals surface area contributed by atoms with Crippen molar-refractivity contribution in [1.82, 2.24) is 10.6 Å². The highest BCUT2D eigenvalue weighted by atomic mass is 16.1. The molecule has 1 saturated heterocycles. The lowest BCUT2D eigenvalue weighted by Gasteiger charge is -2.23. The highest BCUT2D eigenvalue weighted by molar-refractivity contribution is 5.76. The summed E-state index contributed by atoms with van der Waals surface area (Å²) in [5.74, 6) is 1.63. The van der Waals surface area contributed by atoms with Gasteiger partial charge < -0.3 is 10.6 Å². The second kappa shape index (κ2) is 5.67. The van der Waals surface area contributed by atoms with Gasteiger partial charge in [-0.25, -0.2) is 0 Å². The second-order valence-corrected chi connectivity index (χ2v) is 5.60. The van der Waals surface area contributed by atoms with Gasteiger partial charge in [0.25, 0.3) is 0 Å². The van der Waals surface area contributed by atoms with E-state index in [-0.39, 0.29) is 5.91 Å². The van der Waals surface area contributed by atoms with Crippen LogP contribution in [0, 0.1) is 11.8 Å². The molecule has 1 amide bonds. The fourth-order valence-electron chi connectivity index (χ4n) is 2.99. The summed E-state index contributed by atoms with van der Waals surface area (Å²) in [7, 11) is 0. The molecule has 0 radical (unpaired) electrons. The number of hydrogen-bond donors (Lipinski definition) is 2. The Balaban J connectivity index is 1.67. The van der Waals surface area contributed by atoms with E-state index in [1.807, 2.05) is 0 Å². The van der Waals surface area contributed by atoms with Crippen LogP contribution in [0.25, 0.3) is 0 Å². The quantitative estimate of drug-likeness (QED) is 0.766. The van der Waals surface area contributed by atoms with E-state index in [1.54, 1.807) is 0 Å². The number of hydrogen-bond acceptors (Lipinski definition) is 2. The number of amides is 1. The molecular formula is C13H24N2O. The molecule has 1 heterocycles. The molecule has 3 atom stereocenters. The van der Waals surface area contributed by atoms with Crippen molar-refractivity contribution in [2.24, 2.45) is 11.8 Å². The van der Waals surface area contributed by atoms with E-state index in [9.17, 15) is 4.79 Å². The van der Waals surface area contributed by atoms with Crippen LogP contribution < -0.4 is 10.6 Å². The molecule has 2 N–H and O–H groups in total. The summed E-state index contributed by atoms with van der Waals surface area (Å²) < 4.78 is 0. The van der Waals surface area contributed by atoms with Gasteiger partial charge in [0.05, 0.1) is 0 Å². The second-order valence-electron chi connectivity index (χ2n) is 5.60. The van der Waals surface area contributed by atoms with Crippen LogP contribution in [0.2, 0.25) is 0 Å². The van der Waals surface area contributed by atoms with Gasteiger partial charge >= 0.3 is 0 Å². The Labute approximate surface area is 98.4 Å². The van der Waals surface area contributed by atoms with Gasteiger partial charge in [0.1, 0.15) is 0 Å². The van der Waals surface area contributed by atoms with Crippen molar-refractivity contribution in [2.75, 3.05) is 13.1 Å². The summed E-state index contributed by atoms with van der Waals surface area (Å²) in [4.78, 5) is 11.8. The third kappa shape index (κ3) is 3.48. The molecule has 0 aromatic carbocycles. The first-order valence-electron chi connectivity index (χ1n) is 6.74. The number of carbonyl (C=O) groups excluding carboxylic acids is 1. The normalized spacial score (nSPS) is 34.9. The van der Waals surface area contributed by atoms with E-state index < -0.39 is 0 Å². The van der Waals surface area contributed by atoms with Crippen LogP contribution in [0.15, 0.2) is 0 Å². The lowest BCUT2D eigenvalue weighted by atomic mass is 9.96. The predicted molar refractivity (Wildman–Crippen MR) is 65.2 cm³/mol. The zero-order valence-corrected chi connectivity index (χ0v) is 10.3. The minimum atomic E-state index is 0.271. The third-order valence-electron chi connectivity index (χ3n) is 3.93. The van der Waals surface area contributed by atoms with Gasteiger partial charge in [-0.15, -0.1) is 0 Å². The minimum absolute atomic E-state index is 0.271. The Morgan fingerprint density at radius 3 is 2.88 bits per heavy atom. The van der Waals surface area contributed by atoms with E-state index in [2.05, 4.69) is 17.6 Å². The van der Waals surface area contributed by atoms with Crippen LogP contribution in [0.1, 0.15) is 45.4 Å². The molecule has 0 spiro atoms. The minimum Gasteiger partial charge on any atom is -0.353 e. The van der Waals surface area contributed by atoms with Crippen molar-refractivity contribution < 1.29 is 4.79 Å².